The highest BCUT2D eigenvalue weighted by Gasteiger charge is 2.30. The number of amides is 1. The van der Waals surface area contributed by atoms with Crippen molar-refractivity contribution in [1.29, 1.82) is 0 Å². The van der Waals surface area contributed by atoms with Crippen LogP contribution in [-0.4, -0.2) is 24.7 Å². The van der Waals surface area contributed by atoms with Gasteiger partial charge < -0.3 is 10.1 Å². The van der Waals surface area contributed by atoms with Gasteiger partial charge in [0.15, 0.2) is 0 Å². The first-order chi connectivity index (χ1) is 8.03. The minimum absolute atomic E-state index is 0.0437. The molecule has 0 unspecified atom stereocenters. The summed E-state index contributed by atoms with van der Waals surface area (Å²) in [5, 5.41) is 3.05. The number of methoxy groups -OCH3 is 1. The lowest BCUT2D eigenvalue weighted by Crippen LogP contribution is -2.48. The number of hydrogen-bond donors (Lipinski definition) is 1. The van der Waals surface area contributed by atoms with Crippen LogP contribution in [0.4, 0.5) is 0 Å². The van der Waals surface area contributed by atoms with Gasteiger partial charge in [0.25, 0.3) is 5.91 Å². The molecule has 0 saturated heterocycles. The maximum Gasteiger partial charge on any atom is 0.251 e. The summed E-state index contributed by atoms with van der Waals surface area (Å²) in [6.07, 6.45) is 1.84. The molecule has 1 aliphatic carbocycles. The minimum atomic E-state index is -0.755. The van der Waals surface area contributed by atoms with E-state index in [2.05, 4.69) is 17.4 Å². The molecule has 3 nitrogen and oxygen atoms in total. The molecule has 0 fully saturated rings. The van der Waals surface area contributed by atoms with Crippen LogP contribution in [-0.2, 0) is 22.4 Å². The van der Waals surface area contributed by atoms with Crippen LogP contribution < -0.4 is 5.32 Å². The third-order valence-electron chi connectivity index (χ3n) is 3.44. The monoisotopic (exact) mass is 233 g/mol. The summed E-state index contributed by atoms with van der Waals surface area (Å²) in [5.41, 5.74) is 1.93. The normalized spacial score (nSPS) is 15.7. The largest absolute Gasteiger partial charge is 0.369 e. The van der Waals surface area contributed by atoms with Crippen molar-refractivity contribution in [3.05, 3.63) is 35.4 Å². The van der Waals surface area contributed by atoms with Gasteiger partial charge in [0.05, 0.1) is 0 Å². The average Bonchev–Trinajstić information content (AvgIpc) is 2.70. The lowest BCUT2D eigenvalue weighted by molar-refractivity contribution is -0.140. The van der Waals surface area contributed by atoms with Gasteiger partial charge in [-0.3, -0.25) is 4.79 Å². The van der Waals surface area contributed by atoms with Crippen molar-refractivity contribution in [2.24, 2.45) is 0 Å². The molecule has 0 heterocycles. The topological polar surface area (TPSA) is 38.3 Å². The molecule has 3 heteroatoms. The first kappa shape index (κ1) is 12.1. The zero-order valence-corrected chi connectivity index (χ0v) is 10.6. The molecule has 0 radical (unpaired) electrons. The van der Waals surface area contributed by atoms with Gasteiger partial charge in [0, 0.05) is 13.2 Å². The van der Waals surface area contributed by atoms with E-state index >= 15 is 0 Å². The Hall–Kier alpha value is -1.35. The molecule has 1 aromatic carbocycles. The summed E-state index contributed by atoms with van der Waals surface area (Å²) < 4.78 is 5.17. The minimum Gasteiger partial charge on any atom is -0.369 e. The number of carbonyl (C=O) groups excluding carboxylic acids is 1. The second-order valence-corrected chi connectivity index (χ2v) is 5.06. The van der Waals surface area contributed by atoms with Gasteiger partial charge in [-0.15, -0.1) is 0 Å². The van der Waals surface area contributed by atoms with E-state index in [1.165, 1.54) is 11.1 Å². The van der Waals surface area contributed by atoms with Crippen LogP contribution in [0.25, 0.3) is 0 Å². The summed E-state index contributed by atoms with van der Waals surface area (Å²) in [5.74, 6) is -0.0437. The van der Waals surface area contributed by atoms with Gasteiger partial charge in [-0.05, 0) is 37.8 Å². The summed E-state index contributed by atoms with van der Waals surface area (Å²) in [4.78, 5) is 12.0. The lowest BCUT2D eigenvalue weighted by atomic mass is 10.1. The molecule has 0 bridgehead atoms. The molecule has 17 heavy (non-hydrogen) atoms. The molecule has 1 amide bonds. The van der Waals surface area contributed by atoms with E-state index in [-0.39, 0.29) is 11.9 Å². The van der Waals surface area contributed by atoms with Crippen LogP contribution in [0.2, 0.25) is 0 Å². The highest BCUT2D eigenvalue weighted by molar-refractivity contribution is 5.84. The van der Waals surface area contributed by atoms with Gasteiger partial charge in [0.1, 0.15) is 5.60 Å². The molecule has 1 aliphatic rings. The van der Waals surface area contributed by atoms with Crippen LogP contribution in [0.15, 0.2) is 24.3 Å². The molecule has 92 valence electrons. The maximum atomic E-state index is 12.0. The SMILES string of the molecule is COC(C)(C)C(=O)NC1Cc2ccccc2C1. The predicted octanol–water partition coefficient (Wildman–Crippen LogP) is 1.69. The summed E-state index contributed by atoms with van der Waals surface area (Å²) in [6, 6.07) is 8.55. The van der Waals surface area contributed by atoms with E-state index in [9.17, 15) is 4.79 Å². The van der Waals surface area contributed by atoms with Gasteiger partial charge in [-0.25, -0.2) is 0 Å². The van der Waals surface area contributed by atoms with Crippen molar-refractivity contribution in [3.8, 4) is 0 Å². The van der Waals surface area contributed by atoms with Crippen LogP contribution in [0.3, 0.4) is 0 Å². The third-order valence-corrected chi connectivity index (χ3v) is 3.44. The number of fused-ring (bicyclic) bond motifs is 1. The highest BCUT2D eigenvalue weighted by Crippen LogP contribution is 2.22. The van der Waals surface area contributed by atoms with Crippen molar-refractivity contribution in [2.45, 2.75) is 38.3 Å². The molecular formula is C14H19NO2. The molecule has 0 atom stereocenters. The fourth-order valence-corrected chi connectivity index (χ4v) is 2.11. The van der Waals surface area contributed by atoms with E-state index in [1.54, 1.807) is 21.0 Å². The molecular weight excluding hydrogens is 214 g/mol. The highest BCUT2D eigenvalue weighted by atomic mass is 16.5. The zero-order chi connectivity index (χ0) is 12.5. The van der Waals surface area contributed by atoms with Crippen molar-refractivity contribution < 1.29 is 9.53 Å². The Kier molecular flexibility index (Phi) is 3.20. The first-order valence-electron chi connectivity index (χ1n) is 5.96. The summed E-state index contributed by atoms with van der Waals surface area (Å²) >= 11 is 0. The molecule has 1 aromatic rings. The fraction of sp³-hybridized carbons (Fsp3) is 0.500. The van der Waals surface area contributed by atoms with E-state index in [1.807, 2.05) is 12.1 Å². The number of carbonyl (C=O) groups is 1. The van der Waals surface area contributed by atoms with Gasteiger partial charge in [0.2, 0.25) is 0 Å². The number of rotatable bonds is 3. The molecule has 0 aliphatic heterocycles. The quantitative estimate of drug-likeness (QED) is 0.863. The lowest BCUT2D eigenvalue weighted by Gasteiger charge is -2.24. The maximum absolute atomic E-state index is 12.0. The van der Waals surface area contributed by atoms with Crippen molar-refractivity contribution >= 4 is 5.91 Å². The number of hydrogen-bond acceptors (Lipinski definition) is 2. The molecule has 1 N–H and O–H groups in total. The Balaban J connectivity index is 1.99. The number of ether oxygens (including phenoxy) is 1. The van der Waals surface area contributed by atoms with Gasteiger partial charge in [-0.2, -0.15) is 0 Å². The summed E-state index contributed by atoms with van der Waals surface area (Å²) in [6.45, 7) is 3.56. The number of benzene rings is 1. The van der Waals surface area contributed by atoms with Gasteiger partial charge >= 0.3 is 0 Å². The van der Waals surface area contributed by atoms with E-state index in [0.29, 0.717) is 0 Å². The Morgan fingerprint density at radius 1 is 1.29 bits per heavy atom. The van der Waals surface area contributed by atoms with Gasteiger partial charge in [-0.1, -0.05) is 24.3 Å². The van der Waals surface area contributed by atoms with Crippen LogP contribution in [0.5, 0.6) is 0 Å². The summed E-state index contributed by atoms with van der Waals surface area (Å²) in [7, 11) is 1.56. The standard InChI is InChI=1S/C14H19NO2/c1-14(2,17-3)13(16)15-12-8-10-6-4-5-7-11(10)9-12/h4-7,12H,8-9H2,1-3H3,(H,15,16). The Morgan fingerprint density at radius 3 is 2.29 bits per heavy atom. The zero-order valence-electron chi connectivity index (χ0n) is 10.6. The Morgan fingerprint density at radius 2 is 1.82 bits per heavy atom. The second kappa shape index (κ2) is 4.49. The van der Waals surface area contributed by atoms with Crippen molar-refractivity contribution in [3.63, 3.8) is 0 Å². The smallest absolute Gasteiger partial charge is 0.251 e. The van der Waals surface area contributed by atoms with E-state index in [4.69, 9.17) is 4.74 Å². The van der Waals surface area contributed by atoms with Crippen LogP contribution in [0.1, 0.15) is 25.0 Å². The molecule has 0 spiro atoms. The second-order valence-electron chi connectivity index (χ2n) is 5.06. The Labute approximate surface area is 102 Å². The van der Waals surface area contributed by atoms with E-state index in [0.717, 1.165) is 12.8 Å². The van der Waals surface area contributed by atoms with Crippen molar-refractivity contribution in [2.75, 3.05) is 7.11 Å². The molecule has 2 rings (SSSR count). The van der Waals surface area contributed by atoms with Crippen molar-refractivity contribution in [1.82, 2.24) is 5.32 Å². The van der Waals surface area contributed by atoms with E-state index < -0.39 is 5.60 Å². The average molecular weight is 233 g/mol. The van der Waals surface area contributed by atoms with Crippen LogP contribution >= 0.6 is 0 Å². The molecule has 0 saturated carbocycles. The third kappa shape index (κ3) is 2.50. The predicted molar refractivity (Wildman–Crippen MR) is 66.9 cm³/mol. The molecule has 0 aromatic heterocycles. The number of nitrogens with one attached hydrogen (secondary N) is 1. The first-order valence-corrected chi connectivity index (χ1v) is 5.96. The van der Waals surface area contributed by atoms with Crippen LogP contribution in [0, 0.1) is 0 Å². The Bertz CT molecular complexity index is 401. The fourth-order valence-electron chi connectivity index (χ4n) is 2.11.